The van der Waals surface area contributed by atoms with Crippen molar-refractivity contribution >= 4 is 40.2 Å². The van der Waals surface area contributed by atoms with Crippen molar-refractivity contribution in [3.8, 4) is 0 Å². The summed E-state index contributed by atoms with van der Waals surface area (Å²) >= 11 is 8.97. The zero-order valence-corrected chi connectivity index (χ0v) is 13.3. The van der Waals surface area contributed by atoms with Gasteiger partial charge in [0.2, 0.25) is 5.91 Å². The summed E-state index contributed by atoms with van der Waals surface area (Å²) in [6.07, 6.45) is 2.65. The number of amides is 1. The molecule has 2 aromatic heterocycles. The Bertz CT molecular complexity index is 578. The van der Waals surface area contributed by atoms with Crippen LogP contribution in [0.5, 0.6) is 0 Å². The molecule has 3 nitrogen and oxygen atoms in total. The van der Waals surface area contributed by atoms with Crippen molar-refractivity contribution in [2.75, 3.05) is 0 Å². The molecule has 0 radical (unpaired) electrons. The van der Waals surface area contributed by atoms with Crippen LogP contribution in [0.3, 0.4) is 0 Å². The van der Waals surface area contributed by atoms with Gasteiger partial charge in [-0.25, -0.2) is 4.98 Å². The number of hydrogen-bond acceptors (Lipinski definition) is 4. The molecule has 0 unspecified atom stereocenters. The highest BCUT2D eigenvalue weighted by Gasteiger charge is 2.32. The second kappa shape index (κ2) is 6.24. The maximum absolute atomic E-state index is 12.5. The third-order valence-electron chi connectivity index (χ3n) is 3.25. The van der Waals surface area contributed by atoms with E-state index in [1.165, 1.54) is 16.2 Å². The van der Waals surface area contributed by atoms with Gasteiger partial charge in [0.25, 0.3) is 0 Å². The van der Waals surface area contributed by atoms with E-state index in [1.54, 1.807) is 11.3 Å². The van der Waals surface area contributed by atoms with Crippen LogP contribution in [0, 0.1) is 0 Å². The van der Waals surface area contributed by atoms with Gasteiger partial charge >= 0.3 is 0 Å². The van der Waals surface area contributed by atoms with Gasteiger partial charge in [-0.1, -0.05) is 6.07 Å². The summed E-state index contributed by atoms with van der Waals surface area (Å²) in [5.74, 6) is 0.586. The highest BCUT2D eigenvalue weighted by Crippen LogP contribution is 2.30. The maximum atomic E-state index is 12.5. The summed E-state index contributed by atoms with van der Waals surface area (Å²) in [5, 5.41) is 4.84. The van der Waals surface area contributed by atoms with Gasteiger partial charge in [-0.3, -0.25) is 4.79 Å². The van der Waals surface area contributed by atoms with Crippen LogP contribution < -0.4 is 0 Å². The molecule has 2 heterocycles. The van der Waals surface area contributed by atoms with Gasteiger partial charge in [-0.05, 0) is 24.3 Å². The third kappa shape index (κ3) is 3.40. The predicted molar refractivity (Wildman–Crippen MR) is 83.3 cm³/mol. The molecule has 3 rings (SSSR count). The van der Waals surface area contributed by atoms with Crippen molar-refractivity contribution in [2.45, 2.75) is 37.7 Å². The topological polar surface area (TPSA) is 33.2 Å². The summed E-state index contributed by atoms with van der Waals surface area (Å²) in [6, 6.07) is 4.54. The minimum absolute atomic E-state index is 0.177. The molecule has 1 aliphatic rings. The van der Waals surface area contributed by atoms with Crippen LogP contribution in [-0.2, 0) is 23.6 Å². The Kier molecular flexibility index (Phi) is 4.38. The predicted octanol–water partition coefficient (Wildman–Crippen LogP) is 3.68. The number of carbonyl (C=O) groups excluding carboxylic acids is 1. The second-order valence-electron chi connectivity index (χ2n) is 4.88. The van der Waals surface area contributed by atoms with Crippen LogP contribution in [0.4, 0.5) is 0 Å². The average molecular weight is 327 g/mol. The number of thiophene rings is 1. The fourth-order valence-electron chi connectivity index (χ4n) is 2.10. The Morgan fingerprint density at radius 3 is 2.90 bits per heavy atom. The van der Waals surface area contributed by atoms with Crippen molar-refractivity contribution in [3.63, 3.8) is 0 Å². The number of aromatic nitrogens is 1. The fraction of sp³-hybridized carbons (Fsp3) is 0.429. The molecule has 6 heteroatoms. The number of hydrogen-bond donors (Lipinski definition) is 0. The Hall–Kier alpha value is -0.910. The molecule has 106 valence electrons. The van der Waals surface area contributed by atoms with Gasteiger partial charge in [0.15, 0.2) is 0 Å². The first kappa shape index (κ1) is 14.0. The van der Waals surface area contributed by atoms with Crippen LogP contribution in [0.1, 0.15) is 28.4 Å². The molecule has 2 aromatic rings. The van der Waals surface area contributed by atoms with Crippen LogP contribution in [0.2, 0.25) is 0 Å². The number of rotatable bonds is 6. The van der Waals surface area contributed by atoms with Gasteiger partial charge < -0.3 is 4.90 Å². The molecule has 20 heavy (non-hydrogen) atoms. The Morgan fingerprint density at radius 1 is 1.45 bits per heavy atom. The van der Waals surface area contributed by atoms with E-state index in [0.717, 1.165) is 30.1 Å². The monoisotopic (exact) mass is 326 g/mol. The molecule has 0 aromatic carbocycles. The van der Waals surface area contributed by atoms with E-state index in [9.17, 15) is 4.79 Å². The van der Waals surface area contributed by atoms with Crippen molar-refractivity contribution in [2.24, 2.45) is 0 Å². The summed E-state index contributed by atoms with van der Waals surface area (Å²) in [7, 11) is 0. The van der Waals surface area contributed by atoms with Gasteiger partial charge in [0.05, 0.1) is 24.5 Å². The molecule has 0 aliphatic heterocycles. The summed E-state index contributed by atoms with van der Waals surface area (Å²) in [4.78, 5) is 20.1. The SMILES string of the molecule is O=C(Cc1nc(CCl)cs1)N(Cc1cccs1)C1CC1. The van der Waals surface area contributed by atoms with E-state index in [2.05, 4.69) is 16.4 Å². The summed E-state index contributed by atoms with van der Waals surface area (Å²) in [5.41, 5.74) is 0.857. The van der Waals surface area contributed by atoms with Gasteiger partial charge in [-0.15, -0.1) is 34.3 Å². The lowest BCUT2D eigenvalue weighted by Crippen LogP contribution is -2.33. The van der Waals surface area contributed by atoms with Gasteiger partial charge in [-0.2, -0.15) is 0 Å². The quantitative estimate of drug-likeness (QED) is 0.759. The van der Waals surface area contributed by atoms with Crippen molar-refractivity contribution < 1.29 is 4.79 Å². The van der Waals surface area contributed by atoms with E-state index >= 15 is 0 Å². The molecule has 0 saturated heterocycles. The molecule has 1 amide bonds. The zero-order chi connectivity index (χ0) is 13.9. The van der Waals surface area contributed by atoms with E-state index in [-0.39, 0.29) is 5.91 Å². The molecule has 0 atom stereocenters. The van der Waals surface area contributed by atoms with Crippen LogP contribution >= 0.6 is 34.3 Å². The number of nitrogens with zero attached hydrogens (tertiary/aromatic N) is 2. The molecule has 1 fully saturated rings. The van der Waals surface area contributed by atoms with Crippen LogP contribution in [0.25, 0.3) is 0 Å². The van der Waals surface area contributed by atoms with Crippen molar-refractivity contribution in [3.05, 3.63) is 38.5 Å². The fourth-order valence-corrected chi connectivity index (χ4v) is 3.82. The van der Waals surface area contributed by atoms with E-state index in [4.69, 9.17) is 11.6 Å². The summed E-state index contributed by atoms with van der Waals surface area (Å²) in [6.45, 7) is 0.731. The van der Waals surface area contributed by atoms with Gasteiger partial charge in [0, 0.05) is 16.3 Å². The minimum Gasteiger partial charge on any atom is -0.334 e. The molecule has 1 aliphatic carbocycles. The largest absolute Gasteiger partial charge is 0.334 e. The van der Waals surface area contributed by atoms with Crippen LogP contribution in [0.15, 0.2) is 22.9 Å². The number of thiazole rings is 1. The molecule has 1 saturated carbocycles. The molecule has 0 spiro atoms. The Balaban J connectivity index is 1.66. The van der Waals surface area contributed by atoms with Crippen molar-refractivity contribution in [1.82, 2.24) is 9.88 Å². The second-order valence-corrected chi connectivity index (χ2v) is 7.12. The molecular weight excluding hydrogens is 312 g/mol. The van der Waals surface area contributed by atoms with Crippen molar-refractivity contribution in [1.29, 1.82) is 0 Å². The van der Waals surface area contributed by atoms with Gasteiger partial charge in [0.1, 0.15) is 5.01 Å². The summed E-state index contributed by atoms with van der Waals surface area (Å²) < 4.78 is 0. The number of halogens is 1. The highest BCUT2D eigenvalue weighted by molar-refractivity contribution is 7.10. The van der Waals surface area contributed by atoms with E-state index in [1.807, 2.05) is 16.3 Å². The lowest BCUT2D eigenvalue weighted by molar-refractivity contribution is -0.131. The number of carbonyl (C=O) groups is 1. The first-order valence-corrected chi connectivity index (χ1v) is 8.86. The maximum Gasteiger partial charge on any atom is 0.230 e. The Labute approximate surface area is 131 Å². The smallest absolute Gasteiger partial charge is 0.230 e. The lowest BCUT2D eigenvalue weighted by Gasteiger charge is -2.21. The highest BCUT2D eigenvalue weighted by atomic mass is 35.5. The number of alkyl halides is 1. The molecule has 0 bridgehead atoms. The zero-order valence-electron chi connectivity index (χ0n) is 10.9. The third-order valence-corrected chi connectivity index (χ3v) is 5.29. The Morgan fingerprint density at radius 2 is 2.30 bits per heavy atom. The first-order chi connectivity index (χ1) is 9.76. The first-order valence-electron chi connectivity index (χ1n) is 6.57. The molecule has 0 N–H and O–H groups in total. The van der Waals surface area contributed by atoms with Crippen LogP contribution in [-0.4, -0.2) is 21.8 Å². The molecular formula is C14H15ClN2OS2. The lowest BCUT2D eigenvalue weighted by atomic mass is 10.3. The van der Waals surface area contributed by atoms with E-state index in [0.29, 0.717) is 18.3 Å². The average Bonchev–Trinajstić information content (AvgIpc) is 2.98. The normalized spacial score (nSPS) is 14.4. The van der Waals surface area contributed by atoms with E-state index < -0.39 is 0 Å². The standard InChI is InChI=1S/C14H15ClN2OS2/c15-7-10-9-20-13(16-10)6-14(18)17(11-3-4-11)8-12-2-1-5-19-12/h1-2,5,9,11H,3-4,6-8H2. The minimum atomic E-state index is 0.177.